The van der Waals surface area contributed by atoms with Crippen LogP contribution in [0.1, 0.15) is 64.9 Å². The number of carbonyl (C=O) groups is 3. The van der Waals surface area contributed by atoms with Gasteiger partial charge >= 0.3 is 30.7 Å². The van der Waals surface area contributed by atoms with Crippen molar-refractivity contribution in [1.82, 2.24) is 4.90 Å². The number of furan rings is 1. The molecule has 1 saturated carbocycles. The number of aromatic nitrogens is 1. The van der Waals surface area contributed by atoms with E-state index in [0.717, 1.165) is 51.2 Å². The van der Waals surface area contributed by atoms with Crippen LogP contribution in [0.5, 0.6) is 11.5 Å². The van der Waals surface area contributed by atoms with Crippen LogP contribution in [0.25, 0.3) is 0 Å². The minimum atomic E-state index is -5.08. The predicted molar refractivity (Wildman–Crippen MR) is 203 cm³/mol. The topological polar surface area (TPSA) is 164 Å². The van der Waals surface area contributed by atoms with E-state index >= 15 is 0 Å². The Morgan fingerprint density at radius 1 is 0.983 bits per heavy atom. The van der Waals surface area contributed by atoms with Gasteiger partial charge in [0.05, 0.1) is 24.7 Å². The van der Waals surface area contributed by atoms with Crippen LogP contribution in [0, 0.1) is 17.0 Å². The molecule has 2 unspecified atom stereocenters. The molecule has 60 heavy (non-hydrogen) atoms. The van der Waals surface area contributed by atoms with Gasteiger partial charge in [-0.1, -0.05) is 35.3 Å². The number of aliphatic carboxylic acids is 1. The van der Waals surface area contributed by atoms with Crippen molar-refractivity contribution in [2.24, 2.45) is 11.8 Å². The number of benzene rings is 2. The van der Waals surface area contributed by atoms with Crippen molar-refractivity contribution in [3.8, 4) is 11.5 Å². The summed E-state index contributed by atoms with van der Waals surface area (Å²) in [5.41, 5.74) is 1.83. The molecular formula is C40H38Cl2F5N3O10. The number of fused-ring (bicyclic) bond motifs is 3. The van der Waals surface area contributed by atoms with Gasteiger partial charge in [0.25, 0.3) is 0 Å². The van der Waals surface area contributed by atoms with Crippen LogP contribution in [-0.2, 0) is 25.5 Å². The number of halogens is 7. The number of carboxylic acids is 1. The van der Waals surface area contributed by atoms with E-state index in [1.165, 1.54) is 30.7 Å². The standard InChI is InChI=1S/C38H37Cl2F2N3O8.C2HF3O2/c39-29-17-45(48)18-30(40)28(29)16-32(24-6-7-31(53-38(41)42)33(15-24)50-20-22-4-5-22)51-36(46)25-2-1-3-27(14-25)43-35(26-10-13-49-21-26)37(47)52-34-19-44-11-8-23(34)9-12-44;3-2(4,5)1(6)7/h1-3,6-7,10,13-15,17-18,21-23,32,34-35,38,43H,4-5,8-9,11-12,16,19-20H2;(H,6,7)/t32?,34-,35?;/m0./s1. The van der Waals surface area contributed by atoms with E-state index in [1.807, 2.05) is 0 Å². The van der Waals surface area contributed by atoms with Crippen molar-refractivity contribution in [3.05, 3.63) is 111 Å². The van der Waals surface area contributed by atoms with Gasteiger partial charge in [0.2, 0.25) is 0 Å². The monoisotopic (exact) mass is 885 g/mol. The summed E-state index contributed by atoms with van der Waals surface area (Å²) in [6.07, 6.45) is 2.64. The summed E-state index contributed by atoms with van der Waals surface area (Å²) >= 11 is 12.8. The summed E-state index contributed by atoms with van der Waals surface area (Å²) < 4.78 is 86.7. The van der Waals surface area contributed by atoms with Gasteiger partial charge in [-0.05, 0) is 92.6 Å². The zero-order valence-corrected chi connectivity index (χ0v) is 32.9. The average Bonchev–Trinajstić information content (AvgIpc) is 3.87. The summed E-state index contributed by atoms with van der Waals surface area (Å²) in [6, 6.07) is 11.5. The molecule has 20 heteroatoms. The second kappa shape index (κ2) is 19.4. The van der Waals surface area contributed by atoms with E-state index in [9.17, 15) is 36.7 Å². The van der Waals surface area contributed by atoms with Crippen LogP contribution in [0.4, 0.5) is 27.6 Å². The molecule has 4 fully saturated rings. The maximum Gasteiger partial charge on any atom is 0.490 e. The van der Waals surface area contributed by atoms with Crippen molar-refractivity contribution >= 4 is 46.8 Å². The lowest BCUT2D eigenvalue weighted by molar-refractivity contribution is -0.605. The fourth-order valence-electron chi connectivity index (χ4n) is 6.74. The van der Waals surface area contributed by atoms with Crippen LogP contribution < -0.4 is 19.5 Å². The third kappa shape index (κ3) is 11.9. The van der Waals surface area contributed by atoms with E-state index < -0.39 is 42.8 Å². The van der Waals surface area contributed by atoms with Crippen molar-refractivity contribution in [2.45, 2.75) is 63.1 Å². The van der Waals surface area contributed by atoms with Crippen molar-refractivity contribution in [2.75, 3.05) is 31.6 Å². The lowest BCUT2D eigenvalue weighted by Crippen LogP contribution is -2.52. The fraction of sp³-hybridized carbons (Fsp3) is 0.400. The average molecular weight is 887 g/mol. The molecule has 0 radical (unpaired) electrons. The van der Waals surface area contributed by atoms with Crippen LogP contribution in [-0.4, -0.2) is 73.0 Å². The van der Waals surface area contributed by atoms with E-state index in [4.69, 9.17) is 56.5 Å². The lowest BCUT2D eigenvalue weighted by atomic mass is 9.86. The minimum absolute atomic E-state index is 0.0398. The fourth-order valence-corrected chi connectivity index (χ4v) is 7.34. The van der Waals surface area contributed by atoms with E-state index in [1.54, 1.807) is 30.3 Å². The highest BCUT2D eigenvalue weighted by molar-refractivity contribution is 6.35. The van der Waals surface area contributed by atoms with Crippen molar-refractivity contribution in [1.29, 1.82) is 0 Å². The van der Waals surface area contributed by atoms with Gasteiger partial charge in [0, 0.05) is 29.8 Å². The highest BCUT2D eigenvalue weighted by atomic mass is 35.5. The first-order chi connectivity index (χ1) is 28.5. The van der Waals surface area contributed by atoms with Gasteiger partial charge in [0.15, 0.2) is 29.9 Å². The Labute approximate surface area is 349 Å². The van der Waals surface area contributed by atoms with Crippen LogP contribution >= 0.6 is 23.2 Å². The van der Waals surface area contributed by atoms with Crippen LogP contribution in [0.2, 0.25) is 10.0 Å². The third-order valence-corrected chi connectivity index (χ3v) is 10.7. The SMILES string of the molecule is O=C(O)C(F)(F)F.O=C(OC(Cc1c(Cl)c[n+]([O-])cc1Cl)c1ccc(OC(F)F)c(OCC2CC2)c1)c1cccc(NC(C(=O)O[C@H]2CN3CCC2CC3)c2ccoc2)c1. The molecule has 3 aliphatic heterocycles. The molecule has 3 saturated heterocycles. The number of carbonyl (C=O) groups excluding carboxylic acids is 2. The Hall–Kier alpha value is -5.33. The van der Waals surface area contributed by atoms with Gasteiger partial charge in [0.1, 0.15) is 22.3 Å². The molecule has 322 valence electrons. The first-order valence-electron chi connectivity index (χ1n) is 18.6. The van der Waals surface area contributed by atoms with Gasteiger partial charge in [-0.2, -0.15) is 26.7 Å². The van der Waals surface area contributed by atoms with Crippen LogP contribution in [0.3, 0.4) is 0 Å². The number of nitrogens with one attached hydrogen (secondary N) is 1. The molecule has 2 aromatic carbocycles. The van der Waals surface area contributed by atoms with Gasteiger partial charge in [-0.15, -0.1) is 0 Å². The summed E-state index contributed by atoms with van der Waals surface area (Å²) in [4.78, 5) is 38.7. The molecule has 3 atom stereocenters. The molecule has 2 N–H and O–H groups in total. The normalized spacial score (nSPS) is 19.4. The van der Waals surface area contributed by atoms with E-state index in [0.29, 0.717) is 52.1 Å². The second-order valence-electron chi connectivity index (χ2n) is 14.4. The number of nitrogens with zero attached hydrogens (tertiary/aromatic N) is 2. The number of piperidine rings is 3. The Kier molecular flexibility index (Phi) is 14.3. The summed E-state index contributed by atoms with van der Waals surface area (Å²) in [5, 5.41) is 22.4. The maximum atomic E-state index is 13.9. The number of carboxylic acid groups (broad SMARTS) is 1. The number of ether oxygens (including phenoxy) is 4. The Bertz CT molecular complexity index is 2110. The molecule has 2 aromatic heterocycles. The van der Waals surface area contributed by atoms with E-state index in [-0.39, 0.29) is 39.6 Å². The number of esters is 2. The molecular weight excluding hydrogens is 848 g/mol. The molecule has 8 rings (SSSR count). The van der Waals surface area contributed by atoms with Crippen molar-refractivity contribution in [3.63, 3.8) is 0 Å². The molecule has 1 aliphatic carbocycles. The number of hydrogen-bond donors (Lipinski definition) is 2. The largest absolute Gasteiger partial charge is 0.619 e. The Morgan fingerprint density at radius 3 is 2.27 bits per heavy atom. The highest BCUT2D eigenvalue weighted by Crippen LogP contribution is 2.38. The van der Waals surface area contributed by atoms with Gasteiger partial charge in [-0.3, -0.25) is 4.90 Å². The highest BCUT2D eigenvalue weighted by Gasteiger charge is 2.39. The van der Waals surface area contributed by atoms with Gasteiger partial charge in [-0.25, -0.2) is 14.4 Å². The summed E-state index contributed by atoms with van der Waals surface area (Å²) in [7, 11) is 0. The number of hydrogen-bond acceptors (Lipinski definition) is 11. The van der Waals surface area contributed by atoms with Gasteiger partial charge < -0.3 is 39.0 Å². The quantitative estimate of drug-likeness (QED) is 0.0510. The Morgan fingerprint density at radius 2 is 1.68 bits per heavy atom. The molecule has 5 heterocycles. The third-order valence-electron chi connectivity index (χ3n) is 10.1. The number of pyridine rings is 1. The lowest BCUT2D eigenvalue weighted by Gasteiger charge is -2.44. The first-order valence-corrected chi connectivity index (χ1v) is 19.4. The van der Waals surface area contributed by atoms with E-state index in [2.05, 4.69) is 10.2 Å². The summed E-state index contributed by atoms with van der Waals surface area (Å²) in [6.45, 7) is -0.0743. The Balaban J connectivity index is 0.000000793. The van der Waals surface area contributed by atoms with Crippen LogP contribution in [0.15, 0.2) is 77.9 Å². The molecule has 2 bridgehead atoms. The molecule has 4 aliphatic rings. The smallest absolute Gasteiger partial charge is 0.490 e. The zero-order chi connectivity index (χ0) is 43.1. The maximum absolute atomic E-state index is 13.9. The predicted octanol–water partition coefficient (Wildman–Crippen LogP) is 8.17. The molecule has 4 aromatic rings. The zero-order valence-electron chi connectivity index (χ0n) is 31.4. The molecule has 0 spiro atoms. The second-order valence-corrected chi connectivity index (χ2v) is 15.2. The van der Waals surface area contributed by atoms with Crippen molar-refractivity contribution < 1.29 is 69.5 Å². The minimum Gasteiger partial charge on any atom is -0.619 e. The molecule has 13 nitrogen and oxygen atoms in total. The molecule has 0 amide bonds. The number of alkyl halides is 5. The first kappa shape index (κ1) is 44.2. The number of anilines is 1. The number of rotatable bonds is 15. The summed E-state index contributed by atoms with van der Waals surface area (Å²) in [5.74, 6) is -3.46.